The van der Waals surface area contributed by atoms with Crippen LogP contribution in [0.3, 0.4) is 0 Å². The van der Waals surface area contributed by atoms with Gasteiger partial charge < -0.3 is 60.3 Å². The van der Waals surface area contributed by atoms with Crippen LogP contribution >= 0.6 is 0 Å². The highest BCUT2D eigenvalue weighted by molar-refractivity contribution is 6.06. The average molecular weight is 989 g/mol. The zero-order chi connectivity index (χ0) is 52.2. The molecule has 2 heterocycles. The molecule has 2 aromatic heterocycles. The summed E-state index contributed by atoms with van der Waals surface area (Å²) in [5.74, 6) is -0.483. The monoisotopic (exact) mass is 989 g/mol. The topological polar surface area (TPSA) is 251 Å². The van der Waals surface area contributed by atoms with Crippen molar-refractivity contribution in [3.63, 3.8) is 0 Å². The number of aryl methyl sites for hydroxylation is 1. The number of rotatable bonds is 24. The van der Waals surface area contributed by atoms with Crippen molar-refractivity contribution in [1.82, 2.24) is 45.6 Å². The summed E-state index contributed by atoms with van der Waals surface area (Å²) < 4.78 is 24.0. The highest BCUT2D eigenvalue weighted by Crippen LogP contribution is 2.27. The van der Waals surface area contributed by atoms with E-state index in [1.54, 1.807) is 78.4 Å². The summed E-state index contributed by atoms with van der Waals surface area (Å²) in [5.41, 5.74) is 7.09. The van der Waals surface area contributed by atoms with Crippen molar-refractivity contribution in [2.75, 3.05) is 51.5 Å². The molecule has 0 radical (unpaired) electrons. The molecule has 0 saturated heterocycles. The number of anilines is 1. The van der Waals surface area contributed by atoms with Gasteiger partial charge in [-0.15, -0.1) is 0 Å². The lowest BCUT2D eigenvalue weighted by atomic mass is 10.1. The predicted molar refractivity (Wildman–Crippen MR) is 271 cm³/mol. The number of hydrogen-bond donors (Lipinski definition) is 5. The van der Waals surface area contributed by atoms with Crippen LogP contribution in [0.4, 0.5) is 25.0 Å². The normalized spacial score (nSPS) is 12.1. The van der Waals surface area contributed by atoms with Crippen LogP contribution in [-0.4, -0.2) is 129 Å². The van der Waals surface area contributed by atoms with E-state index in [1.165, 1.54) is 0 Å². The van der Waals surface area contributed by atoms with E-state index in [-0.39, 0.29) is 45.0 Å². The number of carbonyl (C=O) groups excluding carboxylic acids is 6. The Labute approximate surface area is 417 Å². The van der Waals surface area contributed by atoms with E-state index in [1.807, 2.05) is 59.2 Å². The number of aromatic nitrogens is 3. The highest BCUT2D eigenvalue weighted by Gasteiger charge is 2.26. The quantitative estimate of drug-likeness (QED) is 0.0339. The molecule has 4 aromatic rings. The molecule has 71 heavy (non-hydrogen) atoms. The molecule has 0 fully saturated rings. The lowest BCUT2D eigenvalue weighted by molar-refractivity contribution is -0.124. The van der Waals surface area contributed by atoms with Crippen molar-refractivity contribution in [2.24, 2.45) is 0 Å². The number of nitrogen functional groups attached to an aromatic ring is 1. The van der Waals surface area contributed by atoms with Crippen LogP contribution in [0.1, 0.15) is 113 Å². The molecule has 6 N–H and O–H groups in total. The second kappa shape index (κ2) is 26.9. The van der Waals surface area contributed by atoms with E-state index < -0.39 is 53.1 Å². The first-order chi connectivity index (χ1) is 33.5. The molecule has 6 amide bonds. The Hall–Kier alpha value is -6.86. The number of fused-ring (bicyclic) bond motifs is 3. The number of nitrogens with two attached hydrogens (primary N) is 1. The standard InChI is InChI=1S/C51H76N10O10/c1-49(2,3)69-45(64)55-28-19-32-60(48(67)71-51(7,8)9)30-16-15-29-59(47(66)70-50(4,5)6)31-17-26-53-40(62)25-24-39(58-46(65)68-34-36-20-11-10-12-21-36)44(63)54-27-18-33-61-35-56-41-42(61)37-22-13-14-23-38(37)57-43(41)52/h10-14,20-23,35,39H,15-19,24-34H2,1-9H3,(H2,52,57)(H,53,62)(H,54,63)(H,55,64)(H,58,65)/t39-/m0/s1. The number of pyridine rings is 1. The zero-order valence-electron chi connectivity index (χ0n) is 43.1. The van der Waals surface area contributed by atoms with Crippen LogP contribution in [0.5, 0.6) is 0 Å². The summed E-state index contributed by atoms with van der Waals surface area (Å²) in [6.45, 7) is 18.7. The SMILES string of the molecule is CC(C)(C)OC(=O)NCCCN(CCCCN(CCCNC(=O)CC[C@H](NC(=O)OCc1ccccc1)C(=O)NCCCn1cnc2c(N)nc3ccccc3c21)C(=O)OC(C)(C)C)C(=O)OC(C)(C)C. The summed E-state index contributed by atoms with van der Waals surface area (Å²) in [6.07, 6.45) is 1.77. The van der Waals surface area contributed by atoms with Gasteiger partial charge in [0, 0.05) is 64.2 Å². The lowest BCUT2D eigenvalue weighted by Crippen LogP contribution is -2.47. The van der Waals surface area contributed by atoms with Gasteiger partial charge in [-0.05, 0) is 112 Å². The third-order valence-electron chi connectivity index (χ3n) is 10.4. The number of alkyl carbamates (subject to hydrolysis) is 2. The molecule has 20 nitrogen and oxygen atoms in total. The first-order valence-corrected chi connectivity index (χ1v) is 24.4. The number of imidazole rings is 1. The Morgan fingerprint density at radius 2 is 1.21 bits per heavy atom. The summed E-state index contributed by atoms with van der Waals surface area (Å²) >= 11 is 0. The van der Waals surface area contributed by atoms with Crippen molar-refractivity contribution in [3.05, 3.63) is 66.5 Å². The van der Waals surface area contributed by atoms with Gasteiger partial charge in [0.05, 0.1) is 17.4 Å². The fourth-order valence-corrected chi connectivity index (χ4v) is 7.22. The van der Waals surface area contributed by atoms with Gasteiger partial charge in [-0.2, -0.15) is 0 Å². The molecule has 0 unspecified atom stereocenters. The first-order valence-electron chi connectivity index (χ1n) is 24.4. The van der Waals surface area contributed by atoms with Crippen LogP contribution < -0.4 is 27.0 Å². The maximum absolute atomic E-state index is 13.6. The number of hydrogen-bond acceptors (Lipinski definition) is 13. The largest absolute Gasteiger partial charge is 0.445 e. The van der Waals surface area contributed by atoms with E-state index >= 15 is 0 Å². The number of benzene rings is 2. The third kappa shape index (κ3) is 21.0. The number of nitrogens with zero attached hydrogens (tertiary/aromatic N) is 5. The molecule has 2 aromatic carbocycles. The van der Waals surface area contributed by atoms with Crippen LogP contribution in [-0.2, 0) is 41.7 Å². The molecule has 4 rings (SSSR count). The number of para-hydroxylation sites is 1. The minimum absolute atomic E-state index is 0.00341. The Kier molecular flexibility index (Phi) is 21.5. The van der Waals surface area contributed by atoms with Gasteiger partial charge >= 0.3 is 24.4 Å². The molecular formula is C51H76N10O10. The molecule has 1 atom stereocenters. The van der Waals surface area contributed by atoms with Gasteiger partial charge in [-0.25, -0.2) is 29.1 Å². The van der Waals surface area contributed by atoms with Crippen molar-refractivity contribution >= 4 is 63.9 Å². The molecule has 0 aliphatic carbocycles. The third-order valence-corrected chi connectivity index (χ3v) is 10.4. The fraction of sp³-hybridized carbons (Fsp3) is 0.569. The van der Waals surface area contributed by atoms with Crippen molar-refractivity contribution in [3.8, 4) is 0 Å². The van der Waals surface area contributed by atoms with Gasteiger partial charge in [-0.1, -0.05) is 48.5 Å². The van der Waals surface area contributed by atoms with Crippen molar-refractivity contribution < 1.29 is 47.7 Å². The molecule has 0 aliphatic heterocycles. The maximum atomic E-state index is 13.6. The Morgan fingerprint density at radius 1 is 0.662 bits per heavy atom. The number of amides is 6. The minimum atomic E-state index is -1.07. The van der Waals surface area contributed by atoms with Crippen molar-refractivity contribution in [2.45, 2.75) is 143 Å². The molecule has 20 heteroatoms. The van der Waals surface area contributed by atoms with Gasteiger partial charge in [-0.3, -0.25) is 9.59 Å². The summed E-state index contributed by atoms with van der Waals surface area (Å²) in [7, 11) is 0. The van der Waals surface area contributed by atoms with Gasteiger partial charge in [0.2, 0.25) is 11.8 Å². The Morgan fingerprint density at radius 3 is 1.82 bits per heavy atom. The van der Waals surface area contributed by atoms with E-state index in [0.29, 0.717) is 76.2 Å². The van der Waals surface area contributed by atoms with E-state index in [2.05, 4.69) is 31.2 Å². The van der Waals surface area contributed by atoms with E-state index in [0.717, 1.165) is 22.0 Å². The molecule has 0 saturated carbocycles. The summed E-state index contributed by atoms with van der Waals surface area (Å²) in [5, 5.41) is 12.0. The zero-order valence-corrected chi connectivity index (χ0v) is 43.1. The highest BCUT2D eigenvalue weighted by atomic mass is 16.6. The number of carbonyl (C=O) groups is 6. The molecule has 0 aliphatic rings. The molecular weight excluding hydrogens is 913 g/mol. The maximum Gasteiger partial charge on any atom is 0.410 e. The molecule has 0 bridgehead atoms. The van der Waals surface area contributed by atoms with Gasteiger partial charge in [0.25, 0.3) is 0 Å². The number of unbranched alkanes of at least 4 members (excludes halogenated alkanes) is 1. The second-order valence-electron chi connectivity index (χ2n) is 20.2. The van der Waals surface area contributed by atoms with Gasteiger partial charge in [0.15, 0.2) is 5.82 Å². The van der Waals surface area contributed by atoms with Crippen LogP contribution in [0.2, 0.25) is 0 Å². The summed E-state index contributed by atoms with van der Waals surface area (Å²) in [4.78, 5) is 90.3. The van der Waals surface area contributed by atoms with E-state index in [4.69, 9.17) is 24.7 Å². The Balaban J connectivity index is 1.29. The first kappa shape index (κ1) is 56.7. The Bertz CT molecular complexity index is 2370. The average Bonchev–Trinajstić information content (AvgIpc) is 3.72. The minimum Gasteiger partial charge on any atom is -0.445 e. The number of ether oxygens (including phenoxy) is 4. The van der Waals surface area contributed by atoms with Gasteiger partial charge in [0.1, 0.15) is 35.0 Å². The smallest absolute Gasteiger partial charge is 0.410 e. The fourth-order valence-electron chi connectivity index (χ4n) is 7.22. The van der Waals surface area contributed by atoms with Crippen LogP contribution in [0.25, 0.3) is 21.9 Å². The van der Waals surface area contributed by atoms with Crippen LogP contribution in [0, 0.1) is 0 Å². The molecule has 0 spiro atoms. The van der Waals surface area contributed by atoms with Crippen molar-refractivity contribution in [1.29, 1.82) is 0 Å². The molecule has 390 valence electrons. The summed E-state index contributed by atoms with van der Waals surface area (Å²) in [6, 6.07) is 15.7. The lowest BCUT2D eigenvalue weighted by Gasteiger charge is -2.29. The van der Waals surface area contributed by atoms with Crippen LogP contribution in [0.15, 0.2) is 60.9 Å². The predicted octanol–water partition coefficient (Wildman–Crippen LogP) is 7.42. The van der Waals surface area contributed by atoms with E-state index in [9.17, 15) is 28.8 Å². The number of nitrogens with one attached hydrogen (secondary N) is 4. The second-order valence-corrected chi connectivity index (χ2v) is 20.2.